The van der Waals surface area contributed by atoms with Gasteiger partial charge in [-0.25, -0.2) is 5.06 Å². The molecule has 2 heterocycles. The van der Waals surface area contributed by atoms with Crippen molar-refractivity contribution in [3.05, 3.63) is 5.21 Å². The Bertz CT molecular complexity index is 149. The van der Waals surface area contributed by atoms with Gasteiger partial charge in [0, 0.05) is 18.9 Å². The Kier molecular flexibility index (Phi) is 3.19. The second-order valence-corrected chi connectivity index (χ2v) is 4.26. The molecule has 2 aliphatic heterocycles. The van der Waals surface area contributed by atoms with Crippen molar-refractivity contribution in [2.45, 2.75) is 38.1 Å². The lowest BCUT2D eigenvalue weighted by molar-refractivity contribution is 0.126. The summed E-state index contributed by atoms with van der Waals surface area (Å²) in [5.41, 5.74) is 0. The fourth-order valence-corrected chi connectivity index (χ4v) is 2.49. The molecule has 3 heteroatoms. The fourth-order valence-electron chi connectivity index (χ4n) is 2.49. The third kappa shape index (κ3) is 2.42. The first-order valence-corrected chi connectivity index (χ1v) is 5.52. The van der Waals surface area contributed by atoms with Gasteiger partial charge in [-0.2, -0.15) is 0 Å². The molecule has 2 aliphatic rings. The zero-order valence-electron chi connectivity index (χ0n) is 8.24. The summed E-state index contributed by atoms with van der Waals surface area (Å²) < 4.78 is 0. The van der Waals surface area contributed by atoms with Gasteiger partial charge in [0.15, 0.2) is 0 Å². The van der Waals surface area contributed by atoms with Gasteiger partial charge in [0.05, 0.1) is 0 Å². The SMILES string of the molecule is [O-][N+]1CCC(N2CCCCC2)CC1. The maximum absolute atomic E-state index is 11.0. The van der Waals surface area contributed by atoms with Crippen LogP contribution >= 0.6 is 0 Å². The van der Waals surface area contributed by atoms with Crippen molar-refractivity contribution in [3.63, 3.8) is 0 Å². The minimum absolute atomic E-state index is 0.713. The van der Waals surface area contributed by atoms with Crippen LogP contribution in [-0.4, -0.2) is 37.1 Å². The van der Waals surface area contributed by atoms with Crippen molar-refractivity contribution >= 4 is 0 Å². The van der Waals surface area contributed by atoms with Crippen LogP contribution in [-0.2, 0) is 0 Å². The maximum atomic E-state index is 11.0. The van der Waals surface area contributed by atoms with Gasteiger partial charge in [-0.1, -0.05) is 6.42 Å². The Labute approximate surface area is 80.3 Å². The third-order valence-electron chi connectivity index (χ3n) is 3.33. The molecular weight excluding hydrogens is 164 g/mol. The van der Waals surface area contributed by atoms with E-state index < -0.39 is 0 Å². The molecule has 0 aromatic heterocycles. The van der Waals surface area contributed by atoms with Gasteiger partial charge in [0.2, 0.25) is 0 Å². The lowest BCUT2D eigenvalue weighted by Gasteiger charge is -2.37. The molecule has 0 spiro atoms. The number of likely N-dealkylation sites (tertiary alicyclic amines) is 1. The van der Waals surface area contributed by atoms with Crippen LogP contribution in [0.25, 0.3) is 0 Å². The number of hydroxylamine groups is 2. The first kappa shape index (κ1) is 9.44. The number of rotatable bonds is 1. The third-order valence-corrected chi connectivity index (χ3v) is 3.33. The standard InChI is InChI=1S/C10H19N2O/c13-12-8-4-10(5-9-12)11-6-2-1-3-7-11/h10H,1-9H2. The molecule has 0 aromatic carbocycles. The predicted octanol–water partition coefficient (Wildman–Crippen LogP) is 1.27. The van der Waals surface area contributed by atoms with Crippen molar-refractivity contribution in [2.24, 2.45) is 0 Å². The second-order valence-electron chi connectivity index (χ2n) is 4.26. The largest absolute Gasteiger partial charge is 0.582 e. The summed E-state index contributed by atoms with van der Waals surface area (Å²) in [4.78, 5) is 2.59. The summed E-state index contributed by atoms with van der Waals surface area (Å²) in [6.07, 6.45) is 6.29. The zero-order valence-corrected chi connectivity index (χ0v) is 8.24. The quantitative estimate of drug-likeness (QED) is 0.453. The topological polar surface area (TPSA) is 32.2 Å². The molecule has 0 N–H and O–H groups in total. The molecule has 0 amide bonds. The van der Waals surface area contributed by atoms with Gasteiger partial charge >= 0.3 is 0 Å². The Morgan fingerprint density at radius 2 is 1.62 bits per heavy atom. The zero-order chi connectivity index (χ0) is 9.10. The van der Waals surface area contributed by atoms with E-state index in [1.165, 1.54) is 37.4 Å². The molecule has 1 radical (unpaired) electrons. The molecule has 2 fully saturated rings. The molecule has 0 aliphatic carbocycles. The van der Waals surface area contributed by atoms with Crippen molar-refractivity contribution in [2.75, 3.05) is 26.2 Å². The van der Waals surface area contributed by atoms with E-state index in [9.17, 15) is 5.21 Å². The highest BCUT2D eigenvalue weighted by Gasteiger charge is 2.26. The number of hydrogen-bond donors (Lipinski definition) is 0. The average molecular weight is 183 g/mol. The molecule has 2 saturated heterocycles. The van der Waals surface area contributed by atoms with Crippen LogP contribution in [0.2, 0.25) is 0 Å². The van der Waals surface area contributed by atoms with Gasteiger partial charge in [-0.3, -0.25) is 4.90 Å². The summed E-state index contributed by atoms with van der Waals surface area (Å²) >= 11 is 0. The monoisotopic (exact) mass is 183 g/mol. The van der Waals surface area contributed by atoms with Crippen molar-refractivity contribution in [1.82, 2.24) is 9.96 Å². The van der Waals surface area contributed by atoms with Gasteiger partial charge in [0.1, 0.15) is 13.1 Å². The summed E-state index contributed by atoms with van der Waals surface area (Å²) in [5, 5.41) is 12.2. The molecule has 0 bridgehead atoms. The molecule has 0 unspecified atom stereocenters. The number of hydrogen-bond acceptors (Lipinski definition) is 3. The van der Waals surface area contributed by atoms with E-state index in [0.29, 0.717) is 6.04 Å². The maximum Gasteiger partial charge on any atom is 0.124 e. The van der Waals surface area contributed by atoms with E-state index in [2.05, 4.69) is 4.90 Å². The van der Waals surface area contributed by atoms with Crippen molar-refractivity contribution in [1.29, 1.82) is 0 Å². The highest BCUT2D eigenvalue weighted by molar-refractivity contribution is 4.83. The van der Waals surface area contributed by atoms with Gasteiger partial charge in [-0.15, -0.1) is 0 Å². The van der Waals surface area contributed by atoms with Crippen molar-refractivity contribution < 1.29 is 0 Å². The van der Waals surface area contributed by atoms with Crippen LogP contribution < -0.4 is 5.06 Å². The van der Waals surface area contributed by atoms with Gasteiger partial charge in [-0.05, 0) is 25.9 Å². The smallest absolute Gasteiger partial charge is 0.124 e. The van der Waals surface area contributed by atoms with Gasteiger partial charge < -0.3 is 5.21 Å². The van der Waals surface area contributed by atoms with E-state index in [0.717, 1.165) is 25.9 Å². The Morgan fingerprint density at radius 3 is 2.23 bits per heavy atom. The summed E-state index contributed by atoms with van der Waals surface area (Å²) in [5.74, 6) is 0. The lowest BCUT2D eigenvalue weighted by Crippen LogP contribution is -2.46. The van der Waals surface area contributed by atoms with Crippen LogP contribution in [0.3, 0.4) is 0 Å². The van der Waals surface area contributed by atoms with Gasteiger partial charge in [0.25, 0.3) is 0 Å². The highest BCUT2D eigenvalue weighted by atomic mass is 16.5. The first-order valence-electron chi connectivity index (χ1n) is 5.52. The van der Waals surface area contributed by atoms with Crippen LogP contribution in [0.15, 0.2) is 0 Å². The second kappa shape index (κ2) is 4.40. The fraction of sp³-hybridized carbons (Fsp3) is 1.00. The van der Waals surface area contributed by atoms with Crippen LogP contribution in [0.4, 0.5) is 0 Å². The minimum atomic E-state index is 0.713. The molecule has 13 heavy (non-hydrogen) atoms. The molecule has 0 aromatic rings. The van der Waals surface area contributed by atoms with Crippen molar-refractivity contribution in [3.8, 4) is 0 Å². The van der Waals surface area contributed by atoms with Crippen LogP contribution in [0.1, 0.15) is 32.1 Å². The van der Waals surface area contributed by atoms with E-state index in [1.54, 1.807) is 0 Å². The van der Waals surface area contributed by atoms with Crippen LogP contribution in [0, 0.1) is 5.21 Å². The highest BCUT2D eigenvalue weighted by Crippen LogP contribution is 2.19. The Hall–Kier alpha value is -0.120. The van der Waals surface area contributed by atoms with E-state index >= 15 is 0 Å². The normalized spacial score (nSPS) is 29.3. The lowest BCUT2D eigenvalue weighted by atomic mass is 10.0. The molecule has 3 nitrogen and oxygen atoms in total. The van der Waals surface area contributed by atoms with E-state index in [-0.39, 0.29) is 0 Å². The first-order chi connectivity index (χ1) is 6.36. The van der Waals surface area contributed by atoms with E-state index in [4.69, 9.17) is 0 Å². The Morgan fingerprint density at radius 1 is 1.00 bits per heavy atom. The summed E-state index contributed by atoms with van der Waals surface area (Å²) in [6.45, 7) is 4.04. The molecular formula is C10H19N2O. The number of nitrogens with zero attached hydrogens (tertiary/aromatic N) is 2. The molecule has 75 valence electrons. The molecule has 0 saturated carbocycles. The molecule has 0 atom stereocenters. The summed E-state index contributed by atoms with van der Waals surface area (Å²) in [6, 6.07) is 0.713. The molecule has 2 rings (SSSR count). The Balaban J connectivity index is 1.79. The van der Waals surface area contributed by atoms with E-state index in [1.807, 2.05) is 0 Å². The van der Waals surface area contributed by atoms with Crippen LogP contribution in [0.5, 0.6) is 0 Å². The average Bonchev–Trinajstić information content (AvgIpc) is 2.20. The minimum Gasteiger partial charge on any atom is -0.582 e. The predicted molar refractivity (Wildman–Crippen MR) is 53.7 cm³/mol. The summed E-state index contributed by atoms with van der Waals surface area (Å²) in [7, 11) is 0. The number of piperidine rings is 2.